The van der Waals surface area contributed by atoms with Gasteiger partial charge in [0.15, 0.2) is 0 Å². The van der Waals surface area contributed by atoms with Crippen molar-refractivity contribution < 1.29 is 0 Å². The first kappa shape index (κ1) is 12.2. The molecule has 0 amide bonds. The Bertz CT molecular complexity index is 508. The smallest absolute Gasteiger partial charge is 0.126 e. The number of nitrogens with zero attached hydrogens (tertiary/aromatic N) is 1. The number of para-hydroxylation sites is 1. The van der Waals surface area contributed by atoms with Crippen LogP contribution >= 0.6 is 11.6 Å². The number of pyridine rings is 1. The molecule has 2 rings (SSSR count). The van der Waals surface area contributed by atoms with Crippen molar-refractivity contribution in [2.24, 2.45) is 5.41 Å². The van der Waals surface area contributed by atoms with E-state index in [1.54, 1.807) is 0 Å². The maximum Gasteiger partial charge on any atom is 0.126 e. The topological polar surface area (TPSA) is 24.9 Å². The van der Waals surface area contributed by atoms with Gasteiger partial charge >= 0.3 is 0 Å². The van der Waals surface area contributed by atoms with Crippen LogP contribution in [0, 0.1) is 5.41 Å². The van der Waals surface area contributed by atoms with Crippen molar-refractivity contribution in [2.45, 2.75) is 13.8 Å². The molecular weight excluding hydrogens is 232 g/mol. The molecule has 0 spiro atoms. The van der Waals surface area contributed by atoms with Crippen molar-refractivity contribution in [2.75, 3.05) is 17.7 Å². The summed E-state index contributed by atoms with van der Waals surface area (Å²) in [6, 6.07) is 12.2. The quantitative estimate of drug-likeness (QED) is 0.830. The van der Waals surface area contributed by atoms with E-state index in [4.69, 9.17) is 11.6 Å². The summed E-state index contributed by atoms with van der Waals surface area (Å²) in [4.78, 5) is 4.56. The third-order valence-electron chi connectivity index (χ3n) is 2.71. The van der Waals surface area contributed by atoms with Crippen molar-refractivity contribution in [1.29, 1.82) is 0 Å². The first-order valence-electron chi connectivity index (χ1n) is 5.76. The molecule has 0 bridgehead atoms. The molecule has 0 saturated carbocycles. The molecule has 17 heavy (non-hydrogen) atoms. The highest BCUT2D eigenvalue weighted by Gasteiger charge is 2.15. The number of benzene rings is 1. The minimum absolute atomic E-state index is 0.0783. The Morgan fingerprint density at radius 1 is 1.18 bits per heavy atom. The third kappa shape index (κ3) is 3.10. The summed E-state index contributed by atoms with van der Waals surface area (Å²) in [6.07, 6.45) is 0. The highest BCUT2D eigenvalue weighted by atomic mass is 35.5. The number of hydrogen-bond acceptors (Lipinski definition) is 2. The summed E-state index contributed by atoms with van der Waals surface area (Å²) in [5, 5.41) is 4.49. The van der Waals surface area contributed by atoms with Crippen LogP contribution in [0.3, 0.4) is 0 Å². The van der Waals surface area contributed by atoms with Gasteiger partial charge in [0.05, 0.1) is 5.52 Å². The Kier molecular flexibility index (Phi) is 3.53. The fourth-order valence-corrected chi connectivity index (χ4v) is 1.64. The maximum absolute atomic E-state index is 5.89. The maximum atomic E-state index is 5.89. The summed E-state index contributed by atoms with van der Waals surface area (Å²) in [7, 11) is 0. The van der Waals surface area contributed by atoms with Crippen molar-refractivity contribution in [3.8, 4) is 0 Å². The second-order valence-electron chi connectivity index (χ2n) is 5.04. The lowest BCUT2D eigenvalue weighted by molar-refractivity contribution is 0.450. The first-order valence-corrected chi connectivity index (χ1v) is 6.30. The Labute approximate surface area is 107 Å². The van der Waals surface area contributed by atoms with Gasteiger partial charge in [0.1, 0.15) is 5.82 Å². The van der Waals surface area contributed by atoms with Crippen LogP contribution in [0.15, 0.2) is 36.4 Å². The average molecular weight is 249 g/mol. The molecular formula is C14H17ClN2. The zero-order valence-electron chi connectivity index (χ0n) is 10.2. The van der Waals surface area contributed by atoms with Crippen molar-refractivity contribution >= 4 is 28.3 Å². The van der Waals surface area contributed by atoms with E-state index in [-0.39, 0.29) is 5.41 Å². The van der Waals surface area contributed by atoms with Gasteiger partial charge in [-0.3, -0.25) is 0 Å². The van der Waals surface area contributed by atoms with E-state index in [1.807, 2.05) is 24.3 Å². The zero-order valence-corrected chi connectivity index (χ0v) is 11.0. The minimum Gasteiger partial charge on any atom is -0.369 e. The van der Waals surface area contributed by atoms with Crippen LogP contribution in [-0.2, 0) is 0 Å². The van der Waals surface area contributed by atoms with Crippen LogP contribution in [0.5, 0.6) is 0 Å². The summed E-state index contributed by atoms with van der Waals surface area (Å²) in [5.41, 5.74) is 1.09. The van der Waals surface area contributed by atoms with Gasteiger partial charge in [0.2, 0.25) is 0 Å². The highest BCUT2D eigenvalue weighted by Crippen LogP contribution is 2.19. The molecule has 0 unspecified atom stereocenters. The number of halogens is 1. The molecule has 0 saturated heterocycles. The number of hydrogen-bond donors (Lipinski definition) is 1. The highest BCUT2D eigenvalue weighted by molar-refractivity contribution is 6.18. The van der Waals surface area contributed by atoms with Crippen LogP contribution in [0.1, 0.15) is 13.8 Å². The lowest BCUT2D eigenvalue weighted by Gasteiger charge is -2.22. The molecule has 3 heteroatoms. The average Bonchev–Trinajstić information content (AvgIpc) is 2.36. The second-order valence-corrected chi connectivity index (χ2v) is 5.31. The number of rotatable bonds is 4. The Morgan fingerprint density at radius 2 is 1.94 bits per heavy atom. The number of anilines is 1. The van der Waals surface area contributed by atoms with Gasteiger partial charge in [0.25, 0.3) is 0 Å². The lowest BCUT2D eigenvalue weighted by atomic mass is 9.97. The molecule has 2 aromatic rings. The summed E-state index contributed by atoms with van der Waals surface area (Å²) in [6.45, 7) is 5.09. The van der Waals surface area contributed by atoms with Crippen LogP contribution < -0.4 is 5.32 Å². The van der Waals surface area contributed by atoms with Gasteiger partial charge in [-0.05, 0) is 23.6 Å². The minimum atomic E-state index is 0.0783. The molecule has 0 radical (unpaired) electrons. The van der Waals surface area contributed by atoms with Gasteiger partial charge < -0.3 is 5.32 Å². The fraction of sp³-hybridized carbons (Fsp3) is 0.357. The van der Waals surface area contributed by atoms with E-state index in [2.05, 4.69) is 36.3 Å². The predicted octanol–water partition coefficient (Wildman–Crippen LogP) is 3.91. The second kappa shape index (κ2) is 4.92. The van der Waals surface area contributed by atoms with Crippen LogP contribution in [0.4, 0.5) is 5.82 Å². The normalized spacial score (nSPS) is 11.7. The summed E-state index contributed by atoms with van der Waals surface area (Å²) < 4.78 is 0. The summed E-state index contributed by atoms with van der Waals surface area (Å²) >= 11 is 5.89. The number of aromatic nitrogens is 1. The number of alkyl halides is 1. The van der Waals surface area contributed by atoms with E-state index < -0.39 is 0 Å². The standard InChI is InChI=1S/C14H17ClN2/c1-14(2,9-15)10-16-13-8-7-11-5-3-4-6-12(11)17-13/h3-8H,9-10H2,1-2H3,(H,16,17). The zero-order chi connectivity index (χ0) is 12.3. The van der Waals surface area contributed by atoms with Crippen molar-refractivity contribution in [1.82, 2.24) is 4.98 Å². The monoisotopic (exact) mass is 248 g/mol. The van der Waals surface area contributed by atoms with Gasteiger partial charge in [-0.25, -0.2) is 4.98 Å². The molecule has 1 heterocycles. The van der Waals surface area contributed by atoms with Gasteiger partial charge in [-0.1, -0.05) is 32.0 Å². The molecule has 1 aromatic carbocycles. The first-order chi connectivity index (χ1) is 8.11. The molecule has 0 atom stereocenters. The molecule has 1 aromatic heterocycles. The SMILES string of the molecule is CC(C)(CCl)CNc1ccc2ccccc2n1. The summed E-state index contributed by atoms with van der Waals surface area (Å²) in [5.74, 6) is 1.54. The fourth-order valence-electron chi connectivity index (χ4n) is 1.54. The molecule has 0 fully saturated rings. The number of nitrogens with one attached hydrogen (secondary N) is 1. The van der Waals surface area contributed by atoms with Gasteiger partial charge in [-0.2, -0.15) is 0 Å². The van der Waals surface area contributed by atoms with Crippen LogP contribution in [-0.4, -0.2) is 17.4 Å². The van der Waals surface area contributed by atoms with Crippen molar-refractivity contribution in [3.63, 3.8) is 0 Å². The van der Waals surface area contributed by atoms with Gasteiger partial charge in [0, 0.05) is 17.8 Å². The van der Waals surface area contributed by atoms with Crippen LogP contribution in [0.25, 0.3) is 10.9 Å². The Hall–Kier alpha value is -1.28. The van der Waals surface area contributed by atoms with E-state index in [0.29, 0.717) is 5.88 Å². The number of fused-ring (bicyclic) bond motifs is 1. The molecule has 90 valence electrons. The Balaban J connectivity index is 2.14. The van der Waals surface area contributed by atoms with E-state index in [1.165, 1.54) is 0 Å². The molecule has 0 aliphatic heterocycles. The Morgan fingerprint density at radius 3 is 2.71 bits per heavy atom. The van der Waals surface area contributed by atoms with Crippen LogP contribution in [0.2, 0.25) is 0 Å². The molecule has 2 nitrogen and oxygen atoms in total. The molecule has 0 aliphatic rings. The van der Waals surface area contributed by atoms with E-state index in [0.717, 1.165) is 23.3 Å². The predicted molar refractivity (Wildman–Crippen MR) is 74.7 cm³/mol. The largest absolute Gasteiger partial charge is 0.369 e. The molecule has 1 N–H and O–H groups in total. The third-order valence-corrected chi connectivity index (χ3v) is 3.43. The molecule has 0 aliphatic carbocycles. The van der Waals surface area contributed by atoms with E-state index in [9.17, 15) is 0 Å². The van der Waals surface area contributed by atoms with Crippen molar-refractivity contribution in [3.05, 3.63) is 36.4 Å². The van der Waals surface area contributed by atoms with E-state index >= 15 is 0 Å². The lowest BCUT2D eigenvalue weighted by Crippen LogP contribution is -2.24. The van der Waals surface area contributed by atoms with Gasteiger partial charge in [-0.15, -0.1) is 11.6 Å².